The van der Waals surface area contributed by atoms with E-state index in [9.17, 15) is 19.8 Å². The van der Waals surface area contributed by atoms with E-state index in [1.165, 1.54) is 24.0 Å². The Kier molecular flexibility index (Phi) is 4.51. The molecule has 0 aliphatic carbocycles. The van der Waals surface area contributed by atoms with Crippen LogP contribution in [-0.4, -0.2) is 54.0 Å². The number of phenolic OH excluding ortho intramolecular Hbond substituents is 1. The van der Waals surface area contributed by atoms with Crippen LogP contribution in [0.25, 0.3) is 0 Å². The fourth-order valence-electron chi connectivity index (χ4n) is 2.59. The number of phenols is 1. The highest BCUT2D eigenvalue weighted by Crippen LogP contribution is 2.37. The minimum Gasteiger partial charge on any atom is -0.508 e. The molecule has 3 N–H and O–H groups in total. The van der Waals surface area contributed by atoms with Crippen molar-refractivity contribution in [2.45, 2.75) is 13.0 Å². The number of carbonyl (C=O) groups is 2. The zero-order valence-corrected chi connectivity index (χ0v) is 13.0. The first-order valence-electron chi connectivity index (χ1n) is 7.16. The van der Waals surface area contributed by atoms with Crippen molar-refractivity contribution in [2.75, 3.05) is 27.2 Å². The molecule has 1 aromatic rings. The van der Waals surface area contributed by atoms with Crippen molar-refractivity contribution in [3.8, 4) is 5.75 Å². The molecule has 0 unspecified atom stereocenters. The fourth-order valence-corrected chi connectivity index (χ4v) is 2.59. The lowest BCUT2D eigenvalue weighted by atomic mass is 9.96. The van der Waals surface area contributed by atoms with Crippen LogP contribution in [0.2, 0.25) is 0 Å². The summed E-state index contributed by atoms with van der Waals surface area (Å²) in [5.41, 5.74) is 0.804. The van der Waals surface area contributed by atoms with E-state index in [0.717, 1.165) is 4.90 Å². The molecule has 118 valence electrons. The van der Waals surface area contributed by atoms with Crippen LogP contribution < -0.4 is 4.90 Å². The Balaban J connectivity index is 2.43. The molecule has 1 aliphatic rings. The van der Waals surface area contributed by atoms with E-state index in [1.807, 2.05) is 14.1 Å². The Morgan fingerprint density at radius 3 is 2.32 bits per heavy atom. The van der Waals surface area contributed by atoms with Gasteiger partial charge in [0.2, 0.25) is 0 Å². The number of aliphatic hydroxyl groups is 1. The Hall–Kier alpha value is -2.34. The van der Waals surface area contributed by atoms with Crippen LogP contribution in [0.3, 0.4) is 0 Å². The van der Waals surface area contributed by atoms with E-state index in [4.69, 9.17) is 0 Å². The number of aromatic hydroxyl groups is 1. The first-order chi connectivity index (χ1) is 10.3. The molecule has 0 radical (unpaired) electrons. The highest BCUT2D eigenvalue weighted by Gasteiger charge is 2.42. The number of nitrogens with zero attached hydrogens (tertiary/aromatic N) is 1. The van der Waals surface area contributed by atoms with E-state index in [1.54, 1.807) is 12.1 Å². The number of carbonyl (C=O) groups excluding carboxylic acids is 2. The normalized spacial score (nSPS) is 18.5. The molecule has 2 rings (SSSR count). The van der Waals surface area contributed by atoms with Gasteiger partial charge >= 0.3 is 0 Å². The summed E-state index contributed by atoms with van der Waals surface area (Å²) in [6, 6.07) is 5.71. The van der Waals surface area contributed by atoms with Gasteiger partial charge < -0.3 is 20.0 Å². The molecule has 22 heavy (non-hydrogen) atoms. The maximum Gasteiger partial charge on any atom is 0.290 e. The number of rotatable bonds is 5. The first-order valence-corrected chi connectivity index (χ1v) is 7.16. The number of hydrogen-bond acceptors (Lipinski definition) is 4. The lowest BCUT2D eigenvalue weighted by Crippen LogP contribution is -3.06. The van der Waals surface area contributed by atoms with Crippen LogP contribution in [-0.2, 0) is 9.59 Å². The largest absolute Gasteiger partial charge is 0.508 e. The smallest absolute Gasteiger partial charge is 0.290 e. The summed E-state index contributed by atoms with van der Waals surface area (Å²) in [5, 5.41) is 19.5. The third-order valence-electron chi connectivity index (χ3n) is 3.74. The summed E-state index contributed by atoms with van der Waals surface area (Å²) in [7, 11) is 3.94. The third-order valence-corrected chi connectivity index (χ3v) is 3.74. The monoisotopic (exact) mass is 305 g/mol. The molecule has 1 aromatic carbocycles. The third kappa shape index (κ3) is 2.96. The van der Waals surface area contributed by atoms with Crippen LogP contribution in [0.5, 0.6) is 5.75 Å². The van der Waals surface area contributed by atoms with E-state index in [0.29, 0.717) is 18.7 Å². The maximum absolute atomic E-state index is 12.3. The van der Waals surface area contributed by atoms with Crippen molar-refractivity contribution < 1.29 is 24.7 Å². The topological polar surface area (TPSA) is 82.3 Å². The summed E-state index contributed by atoms with van der Waals surface area (Å²) in [4.78, 5) is 26.8. The molecule has 6 heteroatoms. The molecule has 0 bridgehead atoms. The Labute approximate surface area is 129 Å². The molecule has 0 saturated heterocycles. The molecule has 6 nitrogen and oxygen atoms in total. The molecular weight excluding hydrogens is 284 g/mol. The molecule has 1 aliphatic heterocycles. The zero-order chi connectivity index (χ0) is 16.4. The number of benzene rings is 1. The first kappa shape index (κ1) is 16.0. The highest BCUT2D eigenvalue weighted by molar-refractivity contribution is 6.08. The average Bonchev–Trinajstić information content (AvgIpc) is 2.70. The number of amides is 1. The van der Waals surface area contributed by atoms with Gasteiger partial charge in [-0.05, 0) is 24.6 Å². The van der Waals surface area contributed by atoms with E-state index in [2.05, 4.69) is 0 Å². The van der Waals surface area contributed by atoms with Gasteiger partial charge in [0.25, 0.3) is 5.91 Å². The number of likely N-dealkylation sites (N-methyl/N-ethyl adjacent to an activating group) is 1. The van der Waals surface area contributed by atoms with Crippen molar-refractivity contribution in [3.63, 3.8) is 0 Å². The number of aliphatic hydroxyl groups excluding tert-OH is 1. The molecule has 0 aromatic heterocycles. The number of ketones is 1. The van der Waals surface area contributed by atoms with Crippen molar-refractivity contribution in [1.82, 2.24) is 4.90 Å². The lowest BCUT2D eigenvalue weighted by Gasteiger charge is -2.26. The standard InChI is InChI=1S/C16H20N2O4/c1-10(19)13-14(11-4-6-12(20)7-5-11)18(9-8-17(2)3)16(22)15(13)21/h4-7,14,20-21H,8-9H2,1-3H3/p+1/t14-/m0/s1. The van der Waals surface area contributed by atoms with Crippen molar-refractivity contribution >= 4 is 11.7 Å². The van der Waals surface area contributed by atoms with Gasteiger partial charge in [-0.3, -0.25) is 9.59 Å². The molecule has 0 spiro atoms. The molecule has 0 saturated carbocycles. The molecule has 0 fully saturated rings. The Morgan fingerprint density at radius 2 is 1.82 bits per heavy atom. The summed E-state index contributed by atoms with van der Waals surface area (Å²) >= 11 is 0. The fraction of sp³-hybridized carbons (Fsp3) is 0.375. The van der Waals surface area contributed by atoms with Gasteiger partial charge in [-0.15, -0.1) is 0 Å². The van der Waals surface area contributed by atoms with Gasteiger partial charge in [0.1, 0.15) is 5.75 Å². The van der Waals surface area contributed by atoms with Crippen LogP contribution in [0, 0.1) is 0 Å². The second kappa shape index (κ2) is 6.19. The summed E-state index contributed by atoms with van der Waals surface area (Å²) in [6.45, 7) is 2.46. The van der Waals surface area contributed by atoms with Crippen LogP contribution >= 0.6 is 0 Å². The summed E-state index contributed by atoms with van der Waals surface area (Å²) in [5.74, 6) is -1.22. The summed E-state index contributed by atoms with van der Waals surface area (Å²) in [6.07, 6.45) is 0. The average molecular weight is 305 g/mol. The Morgan fingerprint density at radius 1 is 1.23 bits per heavy atom. The second-order valence-corrected chi connectivity index (χ2v) is 5.77. The highest BCUT2D eigenvalue weighted by atomic mass is 16.3. The molecule has 1 atom stereocenters. The van der Waals surface area contributed by atoms with Crippen molar-refractivity contribution in [3.05, 3.63) is 41.2 Å². The van der Waals surface area contributed by atoms with Gasteiger partial charge in [0.15, 0.2) is 11.5 Å². The lowest BCUT2D eigenvalue weighted by molar-refractivity contribution is -0.857. The van der Waals surface area contributed by atoms with Crippen LogP contribution in [0.4, 0.5) is 0 Å². The van der Waals surface area contributed by atoms with Gasteiger partial charge in [-0.25, -0.2) is 0 Å². The SMILES string of the molecule is CC(=O)C1=C(O)C(=O)N(CC[NH+](C)C)[C@H]1c1ccc(O)cc1. The minimum absolute atomic E-state index is 0.106. The van der Waals surface area contributed by atoms with Crippen LogP contribution in [0.1, 0.15) is 18.5 Å². The molecule has 1 heterocycles. The minimum atomic E-state index is -0.607. The van der Waals surface area contributed by atoms with Crippen molar-refractivity contribution in [1.29, 1.82) is 0 Å². The van der Waals surface area contributed by atoms with Gasteiger partial charge in [0, 0.05) is 0 Å². The molecule has 1 amide bonds. The molecular formula is C16H21N2O4+. The number of Topliss-reactive ketones (excluding diaryl/α,β-unsaturated/α-hetero) is 1. The van der Waals surface area contributed by atoms with Crippen LogP contribution in [0.15, 0.2) is 35.6 Å². The van der Waals surface area contributed by atoms with Gasteiger partial charge in [0.05, 0.1) is 38.8 Å². The van der Waals surface area contributed by atoms with E-state index in [-0.39, 0.29) is 17.1 Å². The second-order valence-electron chi connectivity index (χ2n) is 5.77. The predicted molar refractivity (Wildman–Crippen MR) is 80.6 cm³/mol. The number of nitrogens with one attached hydrogen (secondary N) is 1. The quantitative estimate of drug-likeness (QED) is 0.705. The van der Waals surface area contributed by atoms with E-state index < -0.39 is 17.7 Å². The summed E-state index contributed by atoms with van der Waals surface area (Å²) < 4.78 is 0. The Bertz CT molecular complexity index is 620. The van der Waals surface area contributed by atoms with E-state index >= 15 is 0 Å². The zero-order valence-electron chi connectivity index (χ0n) is 13.0. The number of quaternary nitrogens is 1. The van der Waals surface area contributed by atoms with Crippen molar-refractivity contribution in [2.24, 2.45) is 0 Å². The van der Waals surface area contributed by atoms with Gasteiger partial charge in [-0.2, -0.15) is 0 Å². The van der Waals surface area contributed by atoms with Gasteiger partial charge in [-0.1, -0.05) is 12.1 Å². The maximum atomic E-state index is 12.3. The number of hydrogen-bond donors (Lipinski definition) is 3. The predicted octanol–water partition coefficient (Wildman–Crippen LogP) is -0.179.